The number of aryl methyl sites for hydroxylation is 1. The Morgan fingerprint density at radius 1 is 1.00 bits per heavy atom. The summed E-state index contributed by atoms with van der Waals surface area (Å²) in [5.41, 5.74) is 1.40. The molecule has 0 unspecified atom stereocenters. The number of sulfonamides is 2. The number of carbonyl (C=O) groups is 1. The number of piperidine rings is 1. The van der Waals surface area contributed by atoms with E-state index in [9.17, 15) is 21.6 Å². The van der Waals surface area contributed by atoms with Crippen molar-refractivity contribution in [3.63, 3.8) is 0 Å². The second kappa shape index (κ2) is 10.5. The first-order valence-electron chi connectivity index (χ1n) is 11.0. The summed E-state index contributed by atoms with van der Waals surface area (Å²) < 4.78 is 60.8. The lowest BCUT2D eigenvalue weighted by molar-refractivity contribution is 0.102. The van der Waals surface area contributed by atoms with Crippen LogP contribution in [0.5, 0.6) is 5.75 Å². The van der Waals surface area contributed by atoms with Gasteiger partial charge in [-0.05, 0) is 50.1 Å². The van der Waals surface area contributed by atoms with Crippen molar-refractivity contribution < 1.29 is 26.4 Å². The lowest BCUT2D eigenvalue weighted by Crippen LogP contribution is -2.35. The number of nitrogens with zero attached hydrogens (tertiary/aromatic N) is 3. The summed E-state index contributed by atoms with van der Waals surface area (Å²) in [5.74, 6) is -0.341. The fraction of sp³-hybridized carbons (Fsp3) is 0.318. The Hall–Kier alpha value is -3.07. The van der Waals surface area contributed by atoms with E-state index in [2.05, 4.69) is 20.2 Å². The summed E-state index contributed by atoms with van der Waals surface area (Å²) in [5, 5.41) is 9.95. The molecule has 1 aliphatic rings. The Kier molecular flexibility index (Phi) is 7.59. The van der Waals surface area contributed by atoms with Crippen LogP contribution in [0, 0.1) is 6.92 Å². The van der Waals surface area contributed by atoms with Crippen LogP contribution in [0.3, 0.4) is 0 Å². The second-order valence-corrected chi connectivity index (χ2v) is 12.9. The molecule has 1 aliphatic heterocycles. The summed E-state index contributed by atoms with van der Waals surface area (Å²) >= 11 is 0.670. The van der Waals surface area contributed by atoms with E-state index < -0.39 is 30.3 Å². The van der Waals surface area contributed by atoms with Crippen molar-refractivity contribution >= 4 is 48.1 Å². The number of benzene rings is 2. The molecular formula is C22H25N5O6S3. The molecule has 11 nitrogen and oxygen atoms in total. The largest absolute Gasteiger partial charge is 0.495 e. The molecule has 1 fully saturated rings. The number of amides is 1. The number of methoxy groups -OCH3 is 1. The van der Waals surface area contributed by atoms with Crippen molar-refractivity contribution in [2.45, 2.75) is 35.4 Å². The molecule has 1 amide bonds. The van der Waals surface area contributed by atoms with Crippen LogP contribution in [-0.4, -0.2) is 57.4 Å². The Labute approximate surface area is 213 Å². The number of rotatable bonds is 8. The number of hydrogen-bond donors (Lipinski definition) is 2. The highest BCUT2D eigenvalue weighted by Gasteiger charge is 2.30. The van der Waals surface area contributed by atoms with Crippen molar-refractivity contribution in [2.24, 2.45) is 0 Å². The Balaban J connectivity index is 1.54. The lowest BCUT2D eigenvalue weighted by Gasteiger charge is -2.26. The lowest BCUT2D eigenvalue weighted by atomic mass is 10.1. The SMILES string of the molecule is COc1ccc(NS(=O)(=O)c2nnc(NC(=O)c3ccc(C)cc3)s2)cc1S(=O)(=O)N1CCCCC1. The molecule has 2 heterocycles. The normalized spacial score (nSPS) is 14.8. The number of aromatic nitrogens is 2. The van der Waals surface area contributed by atoms with Crippen LogP contribution in [0.1, 0.15) is 35.2 Å². The third-order valence-electron chi connectivity index (χ3n) is 5.52. The monoisotopic (exact) mass is 551 g/mol. The van der Waals surface area contributed by atoms with Gasteiger partial charge in [-0.1, -0.05) is 35.5 Å². The average Bonchev–Trinajstić information content (AvgIpc) is 3.34. The van der Waals surface area contributed by atoms with Gasteiger partial charge in [0.2, 0.25) is 15.2 Å². The molecule has 2 N–H and O–H groups in total. The zero-order chi connectivity index (χ0) is 25.9. The number of nitrogens with one attached hydrogen (secondary N) is 2. The van der Waals surface area contributed by atoms with E-state index in [0.717, 1.165) is 24.8 Å². The maximum atomic E-state index is 13.2. The first kappa shape index (κ1) is 26.0. The van der Waals surface area contributed by atoms with E-state index in [1.807, 2.05) is 6.92 Å². The third-order valence-corrected chi connectivity index (χ3v) is 10.0. The maximum absolute atomic E-state index is 13.2. The van der Waals surface area contributed by atoms with Crippen LogP contribution in [0.4, 0.5) is 10.8 Å². The molecule has 0 saturated carbocycles. The zero-order valence-electron chi connectivity index (χ0n) is 19.6. The molecule has 14 heteroatoms. The summed E-state index contributed by atoms with van der Waals surface area (Å²) in [6.45, 7) is 2.68. The van der Waals surface area contributed by atoms with E-state index in [1.165, 1.54) is 29.6 Å². The molecule has 1 saturated heterocycles. The molecule has 0 bridgehead atoms. The molecule has 4 rings (SSSR count). The third kappa shape index (κ3) is 5.67. The first-order chi connectivity index (χ1) is 17.1. The molecule has 36 heavy (non-hydrogen) atoms. The smallest absolute Gasteiger partial charge is 0.291 e. The minimum Gasteiger partial charge on any atom is -0.495 e. The summed E-state index contributed by atoms with van der Waals surface area (Å²) in [4.78, 5) is 12.3. The second-order valence-electron chi connectivity index (χ2n) is 8.13. The number of ether oxygens (including phenoxy) is 1. The van der Waals surface area contributed by atoms with Gasteiger partial charge in [0.25, 0.3) is 20.3 Å². The van der Waals surface area contributed by atoms with Gasteiger partial charge in [0.15, 0.2) is 0 Å². The fourth-order valence-corrected chi connectivity index (χ4v) is 7.27. The first-order valence-corrected chi connectivity index (χ1v) is 14.8. The average molecular weight is 552 g/mol. The van der Waals surface area contributed by atoms with Gasteiger partial charge in [0, 0.05) is 18.7 Å². The highest BCUT2D eigenvalue weighted by atomic mass is 32.2. The van der Waals surface area contributed by atoms with Crippen LogP contribution in [0.2, 0.25) is 0 Å². The van der Waals surface area contributed by atoms with Gasteiger partial charge < -0.3 is 4.74 Å². The van der Waals surface area contributed by atoms with Crippen molar-refractivity contribution in [3.05, 3.63) is 53.6 Å². The molecule has 192 valence electrons. The van der Waals surface area contributed by atoms with Gasteiger partial charge in [-0.25, -0.2) is 8.42 Å². The van der Waals surface area contributed by atoms with Gasteiger partial charge >= 0.3 is 0 Å². The van der Waals surface area contributed by atoms with E-state index in [-0.39, 0.29) is 21.5 Å². The maximum Gasteiger partial charge on any atom is 0.291 e. The number of hydrogen-bond acceptors (Lipinski definition) is 9. The van der Waals surface area contributed by atoms with E-state index in [1.54, 1.807) is 24.3 Å². The van der Waals surface area contributed by atoms with Crippen molar-refractivity contribution in [1.82, 2.24) is 14.5 Å². The topological polar surface area (TPSA) is 148 Å². The van der Waals surface area contributed by atoms with Gasteiger partial charge in [-0.3, -0.25) is 14.8 Å². The van der Waals surface area contributed by atoms with Crippen LogP contribution in [-0.2, 0) is 20.0 Å². The summed E-state index contributed by atoms with van der Waals surface area (Å²) in [6, 6.07) is 10.9. The fourth-order valence-electron chi connectivity index (χ4n) is 3.63. The minimum atomic E-state index is -4.21. The number of carbonyl (C=O) groups excluding carboxylic acids is 1. The van der Waals surface area contributed by atoms with Gasteiger partial charge in [-0.15, -0.1) is 10.2 Å². The Morgan fingerprint density at radius 3 is 2.36 bits per heavy atom. The summed E-state index contributed by atoms with van der Waals surface area (Å²) in [7, 11) is -6.75. The molecule has 0 radical (unpaired) electrons. The highest BCUT2D eigenvalue weighted by molar-refractivity contribution is 7.94. The van der Waals surface area contributed by atoms with E-state index in [0.29, 0.717) is 30.0 Å². The van der Waals surface area contributed by atoms with Crippen LogP contribution in [0.15, 0.2) is 51.7 Å². The van der Waals surface area contributed by atoms with Crippen molar-refractivity contribution in [1.29, 1.82) is 0 Å². The predicted octanol–water partition coefficient (Wildman–Crippen LogP) is 3.08. The quantitative estimate of drug-likeness (QED) is 0.406. The van der Waals surface area contributed by atoms with Gasteiger partial charge in [0.05, 0.1) is 12.8 Å². The van der Waals surface area contributed by atoms with Crippen LogP contribution >= 0.6 is 11.3 Å². The van der Waals surface area contributed by atoms with Gasteiger partial charge in [-0.2, -0.15) is 12.7 Å². The molecule has 0 atom stereocenters. The van der Waals surface area contributed by atoms with E-state index in [4.69, 9.17) is 4.74 Å². The van der Waals surface area contributed by atoms with Crippen LogP contribution in [0.25, 0.3) is 0 Å². The Bertz CT molecular complexity index is 1460. The molecule has 0 aliphatic carbocycles. The molecule has 2 aromatic carbocycles. The molecule has 1 aromatic heterocycles. The van der Waals surface area contributed by atoms with Crippen LogP contribution < -0.4 is 14.8 Å². The minimum absolute atomic E-state index is 0.00375. The van der Waals surface area contributed by atoms with Crippen molar-refractivity contribution in [3.8, 4) is 5.75 Å². The van der Waals surface area contributed by atoms with Gasteiger partial charge in [0.1, 0.15) is 10.6 Å². The van der Waals surface area contributed by atoms with Crippen molar-refractivity contribution in [2.75, 3.05) is 30.2 Å². The molecular weight excluding hydrogens is 526 g/mol. The predicted molar refractivity (Wildman–Crippen MR) is 135 cm³/mol. The molecule has 3 aromatic rings. The highest BCUT2D eigenvalue weighted by Crippen LogP contribution is 2.32. The van der Waals surface area contributed by atoms with E-state index >= 15 is 0 Å². The molecule has 0 spiro atoms. The zero-order valence-corrected chi connectivity index (χ0v) is 22.0. The number of anilines is 2. The standard InChI is InChI=1S/C22H25N5O6S3/c1-15-6-8-16(9-7-15)20(28)23-21-24-25-22(34-21)35(29,30)26-17-10-11-18(33-2)19(14-17)36(31,32)27-12-4-3-5-13-27/h6-11,14,26H,3-5,12-13H2,1-2H3,(H,23,24,28). The Morgan fingerprint density at radius 2 is 1.69 bits per heavy atom. The summed E-state index contributed by atoms with van der Waals surface area (Å²) in [6.07, 6.45) is 2.47.